The molecule has 0 radical (unpaired) electrons. The molecule has 0 bridgehead atoms. The van der Waals surface area contributed by atoms with Gasteiger partial charge in [-0.1, -0.05) is 36.4 Å². The lowest BCUT2D eigenvalue weighted by Crippen LogP contribution is -2.37. The lowest BCUT2D eigenvalue weighted by molar-refractivity contribution is -0.128. The standard InChI is InChI=1S/C15H18N2O3S/c1-16(2)15(18)11-17(3)21(19,20)14-10-6-8-12-7-4-5-9-13(12)14/h4-10H,11H2,1-3H3. The number of fused-ring (bicyclic) bond motifs is 1. The zero-order chi connectivity index (χ0) is 15.6. The Morgan fingerprint density at radius 1 is 1.00 bits per heavy atom. The highest BCUT2D eigenvalue weighted by molar-refractivity contribution is 7.89. The Hall–Kier alpha value is -1.92. The van der Waals surface area contributed by atoms with E-state index in [0.717, 1.165) is 9.69 Å². The molecule has 1 amide bonds. The molecule has 2 aromatic carbocycles. The first kappa shape index (κ1) is 15.5. The Labute approximate surface area is 124 Å². The van der Waals surface area contributed by atoms with Crippen molar-refractivity contribution in [2.75, 3.05) is 27.7 Å². The molecule has 0 heterocycles. The topological polar surface area (TPSA) is 57.7 Å². The van der Waals surface area contributed by atoms with E-state index >= 15 is 0 Å². The van der Waals surface area contributed by atoms with Crippen LogP contribution in [0.1, 0.15) is 0 Å². The van der Waals surface area contributed by atoms with E-state index in [9.17, 15) is 13.2 Å². The Kier molecular flexibility index (Phi) is 4.29. The largest absolute Gasteiger partial charge is 0.348 e. The van der Waals surface area contributed by atoms with Crippen molar-refractivity contribution in [3.8, 4) is 0 Å². The summed E-state index contributed by atoms with van der Waals surface area (Å²) in [7, 11) is 0.903. The van der Waals surface area contributed by atoms with Crippen molar-refractivity contribution in [2.45, 2.75) is 4.90 Å². The summed E-state index contributed by atoms with van der Waals surface area (Å²) in [5.74, 6) is -0.263. The molecule has 0 saturated carbocycles. The normalized spacial score (nSPS) is 11.8. The van der Waals surface area contributed by atoms with Gasteiger partial charge in [-0.25, -0.2) is 8.42 Å². The van der Waals surface area contributed by atoms with E-state index in [1.165, 1.54) is 11.9 Å². The third-order valence-corrected chi connectivity index (χ3v) is 5.16. The van der Waals surface area contributed by atoms with Crippen LogP contribution in [0.2, 0.25) is 0 Å². The molecular formula is C15H18N2O3S. The van der Waals surface area contributed by atoms with E-state index in [1.54, 1.807) is 38.4 Å². The fourth-order valence-corrected chi connectivity index (χ4v) is 3.34. The molecule has 2 rings (SSSR count). The van der Waals surface area contributed by atoms with Crippen LogP contribution >= 0.6 is 0 Å². The Bertz CT molecular complexity index is 764. The fourth-order valence-electron chi connectivity index (χ4n) is 2.01. The molecule has 0 saturated heterocycles. The van der Waals surface area contributed by atoms with Gasteiger partial charge in [-0.15, -0.1) is 0 Å². The maximum atomic E-state index is 12.7. The minimum absolute atomic E-state index is 0.182. The van der Waals surface area contributed by atoms with Crippen molar-refractivity contribution < 1.29 is 13.2 Å². The van der Waals surface area contributed by atoms with Crippen LogP contribution in [0, 0.1) is 0 Å². The predicted octanol–water partition coefficient (Wildman–Crippen LogP) is 1.55. The summed E-state index contributed by atoms with van der Waals surface area (Å²) in [6.07, 6.45) is 0. The van der Waals surface area contributed by atoms with Gasteiger partial charge in [0.25, 0.3) is 0 Å². The van der Waals surface area contributed by atoms with Crippen LogP contribution in [0.15, 0.2) is 47.4 Å². The van der Waals surface area contributed by atoms with E-state index in [0.29, 0.717) is 5.39 Å². The average Bonchev–Trinajstić information content (AvgIpc) is 2.46. The van der Waals surface area contributed by atoms with Gasteiger partial charge in [0, 0.05) is 26.5 Å². The van der Waals surface area contributed by atoms with Crippen LogP contribution in [0.3, 0.4) is 0 Å². The molecule has 0 aliphatic heterocycles. The first-order valence-electron chi connectivity index (χ1n) is 6.48. The number of carbonyl (C=O) groups excluding carboxylic acids is 1. The highest BCUT2D eigenvalue weighted by Crippen LogP contribution is 2.24. The van der Waals surface area contributed by atoms with Gasteiger partial charge < -0.3 is 4.90 Å². The lowest BCUT2D eigenvalue weighted by Gasteiger charge is -2.20. The molecule has 0 unspecified atom stereocenters. The van der Waals surface area contributed by atoms with Gasteiger partial charge in [0.2, 0.25) is 15.9 Å². The van der Waals surface area contributed by atoms with E-state index in [4.69, 9.17) is 0 Å². The van der Waals surface area contributed by atoms with Crippen molar-refractivity contribution in [1.82, 2.24) is 9.21 Å². The Morgan fingerprint density at radius 3 is 2.29 bits per heavy atom. The van der Waals surface area contributed by atoms with Gasteiger partial charge in [0.1, 0.15) is 0 Å². The van der Waals surface area contributed by atoms with Gasteiger partial charge >= 0.3 is 0 Å². The summed E-state index contributed by atoms with van der Waals surface area (Å²) in [6.45, 7) is -0.182. The fraction of sp³-hybridized carbons (Fsp3) is 0.267. The Balaban J connectivity index is 2.45. The van der Waals surface area contributed by atoms with Gasteiger partial charge in [0.15, 0.2) is 0 Å². The quantitative estimate of drug-likeness (QED) is 0.861. The molecule has 2 aromatic rings. The van der Waals surface area contributed by atoms with Crippen molar-refractivity contribution >= 4 is 26.7 Å². The summed E-state index contributed by atoms with van der Waals surface area (Å²) in [5.41, 5.74) is 0. The SMILES string of the molecule is CN(C)C(=O)CN(C)S(=O)(=O)c1cccc2ccccc12. The average molecular weight is 306 g/mol. The molecular weight excluding hydrogens is 288 g/mol. The summed E-state index contributed by atoms with van der Waals surface area (Å²) >= 11 is 0. The van der Waals surface area contributed by atoms with E-state index in [1.807, 2.05) is 18.2 Å². The van der Waals surface area contributed by atoms with Gasteiger partial charge in [0.05, 0.1) is 11.4 Å². The molecule has 112 valence electrons. The zero-order valence-electron chi connectivity index (χ0n) is 12.3. The Morgan fingerprint density at radius 2 is 1.62 bits per heavy atom. The molecule has 0 aliphatic rings. The number of hydrogen-bond donors (Lipinski definition) is 0. The molecule has 0 atom stereocenters. The summed E-state index contributed by atoms with van der Waals surface area (Å²) in [4.78, 5) is 13.3. The number of amides is 1. The lowest BCUT2D eigenvalue weighted by atomic mass is 10.1. The van der Waals surface area contributed by atoms with E-state index in [-0.39, 0.29) is 17.3 Å². The minimum Gasteiger partial charge on any atom is -0.348 e. The third kappa shape index (κ3) is 3.06. The number of carbonyl (C=O) groups is 1. The van der Waals surface area contributed by atoms with Crippen molar-refractivity contribution in [1.29, 1.82) is 0 Å². The summed E-state index contributed by atoms with van der Waals surface area (Å²) in [5, 5.41) is 1.51. The maximum absolute atomic E-state index is 12.7. The minimum atomic E-state index is -3.71. The first-order chi connectivity index (χ1) is 9.84. The van der Waals surface area contributed by atoms with Crippen molar-refractivity contribution in [3.05, 3.63) is 42.5 Å². The molecule has 0 fully saturated rings. The summed E-state index contributed by atoms with van der Waals surface area (Å²) < 4.78 is 26.4. The van der Waals surface area contributed by atoms with Gasteiger partial charge in [-0.3, -0.25) is 4.79 Å². The monoisotopic (exact) mass is 306 g/mol. The third-order valence-electron chi connectivity index (χ3n) is 3.29. The van der Waals surface area contributed by atoms with Gasteiger partial charge in [-0.05, 0) is 11.5 Å². The predicted molar refractivity (Wildman–Crippen MR) is 82.5 cm³/mol. The van der Waals surface area contributed by atoms with Crippen LogP contribution in [0.25, 0.3) is 10.8 Å². The molecule has 0 spiro atoms. The van der Waals surface area contributed by atoms with E-state index < -0.39 is 10.0 Å². The van der Waals surface area contributed by atoms with Crippen LogP contribution in [-0.4, -0.2) is 51.2 Å². The molecule has 6 heteroatoms. The van der Waals surface area contributed by atoms with Crippen LogP contribution in [0.4, 0.5) is 0 Å². The second kappa shape index (κ2) is 5.83. The molecule has 0 aliphatic carbocycles. The van der Waals surface area contributed by atoms with Crippen LogP contribution in [0.5, 0.6) is 0 Å². The number of sulfonamides is 1. The molecule has 21 heavy (non-hydrogen) atoms. The number of benzene rings is 2. The van der Waals surface area contributed by atoms with Crippen molar-refractivity contribution in [2.24, 2.45) is 0 Å². The highest BCUT2D eigenvalue weighted by atomic mass is 32.2. The second-order valence-corrected chi connectivity index (χ2v) is 7.04. The zero-order valence-corrected chi connectivity index (χ0v) is 13.1. The number of rotatable bonds is 4. The van der Waals surface area contributed by atoms with E-state index in [2.05, 4.69) is 0 Å². The number of hydrogen-bond acceptors (Lipinski definition) is 3. The van der Waals surface area contributed by atoms with Crippen LogP contribution in [-0.2, 0) is 14.8 Å². The van der Waals surface area contributed by atoms with Crippen LogP contribution < -0.4 is 0 Å². The second-order valence-electron chi connectivity index (χ2n) is 5.03. The van der Waals surface area contributed by atoms with Crippen molar-refractivity contribution in [3.63, 3.8) is 0 Å². The number of nitrogens with zero attached hydrogens (tertiary/aromatic N) is 2. The maximum Gasteiger partial charge on any atom is 0.243 e. The summed E-state index contributed by atoms with van der Waals surface area (Å²) in [6, 6.07) is 12.4. The number of likely N-dealkylation sites (N-methyl/N-ethyl adjacent to an activating group) is 2. The highest BCUT2D eigenvalue weighted by Gasteiger charge is 2.25. The van der Waals surface area contributed by atoms with Gasteiger partial charge in [-0.2, -0.15) is 4.31 Å². The molecule has 5 nitrogen and oxygen atoms in total. The first-order valence-corrected chi connectivity index (χ1v) is 7.92. The molecule has 0 N–H and O–H groups in total. The smallest absolute Gasteiger partial charge is 0.243 e. The molecule has 0 aromatic heterocycles.